The van der Waals surface area contributed by atoms with E-state index in [2.05, 4.69) is 33.4 Å². The van der Waals surface area contributed by atoms with Crippen molar-refractivity contribution in [2.45, 2.75) is 33.3 Å². The largest absolute Gasteiger partial charge is 0.494 e. The van der Waals surface area contributed by atoms with Crippen molar-refractivity contribution in [2.75, 3.05) is 0 Å². The summed E-state index contributed by atoms with van der Waals surface area (Å²) in [5.74, 6) is 1.49. The van der Waals surface area contributed by atoms with Crippen molar-refractivity contribution in [1.29, 1.82) is 0 Å². The number of hydrogen-bond donors (Lipinski definition) is 0. The first kappa shape index (κ1) is 8.86. The van der Waals surface area contributed by atoms with Crippen molar-refractivity contribution in [3.8, 4) is 0 Å². The van der Waals surface area contributed by atoms with Gasteiger partial charge in [-0.25, -0.2) is 0 Å². The monoisotopic (exact) mass is 178 g/mol. The second kappa shape index (κ2) is 2.63. The minimum Gasteiger partial charge on any atom is -0.494 e. The van der Waals surface area contributed by atoms with E-state index < -0.39 is 0 Å². The second-order valence-electron chi connectivity index (χ2n) is 4.89. The molecule has 0 aromatic carbocycles. The van der Waals surface area contributed by atoms with Crippen LogP contribution in [0.2, 0.25) is 0 Å². The van der Waals surface area contributed by atoms with Gasteiger partial charge in [-0.05, 0) is 30.8 Å². The zero-order chi connectivity index (χ0) is 9.64. The van der Waals surface area contributed by atoms with Gasteiger partial charge in [0.15, 0.2) is 0 Å². The Kier molecular flexibility index (Phi) is 1.79. The average Bonchev–Trinajstić information content (AvgIpc) is 2.03. The molecular formula is C12H18O. The van der Waals surface area contributed by atoms with Gasteiger partial charge in [-0.1, -0.05) is 26.0 Å². The van der Waals surface area contributed by atoms with Crippen LogP contribution in [0.15, 0.2) is 24.5 Å². The maximum absolute atomic E-state index is 5.53. The summed E-state index contributed by atoms with van der Waals surface area (Å²) in [4.78, 5) is 0. The number of allylic oxidation sites excluding steroid dienone is 1. The van der Waals surface area contributed by atoms with Gasteiger partial charge in [-0.3, -0.25) is 0 Å². The molecule has 3 atom stereocenters. The lowest BCUT2D eigenvalue weighted by Gasteiger charge is -2.58. The molecule has 0 N–H and O–H groups in total. The van der Waals surface area contributed by atoms with Crippen LogP contribution in [-0.2, 0) is 4.74 Å². The minimum absolute atomic E-state index is 0.275. The van der Waals surface area contributed by atoms with Gasteiger partial charge in [0.2, 0.25) is 0 Å². The van der Waals surface area contributed by atoms with E-state index in [0.29, 0.717) is 11.3 Å². The van der Waals surface area contributed by atoms with Gasteiger partial charge in [-0.15, -0.1) is 0 Å². The van der Waals surface area contributed by atoms with Crippen LogP contribution in [0.4, 0.5) is 0 Å². The lowest BCUT2D eigenvalue weighted by atomic mass is 9.48. The van der Waals surface area contributed by atoms with Crippen molar-refractivity contribution in [1.82, 2.24) is 0 Å². The highest BCUT2D eigenvalue weighted by Crippen LogP contribution is 2.59. The van der Waals surface area contributed by atoms with E-state index >= 15 is 0 Å². The van der Waals surface area contributed by atoms with Crippen LogP contribution < -0.4 is 0 Å². The van der Waals surface area contributed by atoms with Gasteiger partial charge in [0.1, 0.15) is 6.10 Å². The summed E-state index contributed by atoms with van der Waals surface area (Å²) in [5.41, 5.74) is 1.94. The summed E-state index contributed by atoms with van der Waals surface area (Å²) in [6, 6.07) is 0. The molecule has 3 unspecified atom stereocenters. The molecule has 1 fully saturated rings. The van der Waals surface area contributed by atoms with Crippen LogP contribution in [-0.4, -0.2) is 6.10 Å². The quantitative estimate of drug-likeness (QED) is 0.466. The van der Waals surface area contributed by atoms with Crippen molar-refractivity contribution in [2.24, 2.45) is 17.3 Å². The molecule has 0 spiro atoms. The molecule has 0 aliphatic heterocycles. The highest BCUT2D eigenvalue weighted by atomic mass is 16.5. The van der Waals surface area contributed by atoms with E-state index in [1.807, 2.05) is 0 Å². The average molecular weight is 178 g/mol. The highest BCUT2D eigenvalue weighted by molar-refractivity contribution is 5.25. The van der Waals surface area contributed by atoms with E-state index in [4.69, 9.17) is 4.74 Å². The summed E-state index contributed by atoms with van der Waals surface area (Å²) >= 11 is 0. The summed E-state index contributed by atoms with van der Waals surface area (Å²) in [6.07, 6.45) is 5.42. The molecular weight excluding hydrogens is 160 g/mol. The smallest absolute Gasteiger partial charge is 0.119 e. The Balaban J connectivity index is 2.24. The molecule has 1 heteroatoms. The van der Waals surface area contributed by atoms with Crippen LogP contribution in [0.5, 0.6) is 0 Å². The van der Waals surface area contributed by atoms with Gasteiger partial charge in [-0.2, -0.15) is 0 Å². The predicted octanol–water partition coefficient (Wildman–Crippen LogP) is 3.14. The predicted molar refractivity (Wildman–Crippen MR) is 54.2 cm³/mol. The molecule has 1 nitrogen and oxygen atoms in total. The highest BCUT2D eigenvalue weighted by Gasteiger charge is 2.54. The molecule has 2 bridgehead atoms. The molecule has 0 radical (unpaired) electrons. The summed E-state index contributed by atoms with van der Waals surface area (Å²) in [5, 5.41) is 0. The van der Waals surface area contributed by atoms with E-state index in [-0.39, 0.29) is 6.10 Å². The van der Waals surface area contributed by atoms with Crippen molar-refractivity contribution >= 4 is 0 Å². The summed E-state index contributed by atoms with van der Waals surface area (Å²) in [7, 11) is 0. The van der Waals surface area contributed by atoms with Crippen LogP contribution in [0, 0.1) is 17.3 Å². The standard InChI is InChI=1S/C12H18O/c1-5-13-11-6-8(2)9-7-10(11)12(9,3)4/h5-6,9-11H,1,7H2,2-4H3. The third-order valence-electron chi connectivity index (χ3n) is 3.97. The normalized spacial score (nSPS) is 40.2. The van der Waals surface area contributed by atoms with E-state index in [9.17, 15) is 0 Å². The topological polar surface area (TPSA) is 9.23 Å². The van der Waals surface area contributed by atoms with Gasteiger partial charge < -0.3 is 4.74 Å². The lowest BCUT2D eigenvalue weighted by Crippen LogP contribution is -2.54. The first-order chi connectivity index (χ1) is 6.07. The van der Waals surface area contributed by atoms with Crippen molar-refractivity contribution in [3.05, 3.63) is 24.5 Å². The number of hydrogen-bond acceptors (Lipinski definition) is 1. The van der Waals surface area contributed by atoms with E-state index in [1.165, 1.54) is 12.0 Å². The molecule has 0 saturated heterocycles. The number of fused-ring (bicyclic) bond motifs is 1. The Bertz CT molecular complexity index is 262. The molecule has 1 saturated carbocycles. The van der Waals surface area contributed by atoms with Gasteiger partial charge >= 0.3 is 0 Å². The van der Waals surface area contributed by atoms with Crippen LogP contribution in [0.25, 0.3) is 0 Å². The molecule has 13 heavy (non-hydrogen) atoms. The molecule has 0 aromatic heterocycles. The third-order valence-corrected chi connectivity index (χ3v) is 3.97. The van der Waals surface area contributed by atoms with Crippen LogP contribution in [0.3, 0.4) is 0 Å². The lowest BCUT2D eigenvalue weighted by molar-refractivity contribution is -0.0800. The Hall–Kier alpha value is -0.720. The minimum atomic E-state index is 0.275. The summed E-state index contributed by atoms with van der Waals surface area (Å²) in [6.45, 7) is 10.5. The number of ether oxygens (including phenoxy) is 1. The maximum atomic E-state index is 5.53. The van der Waals surface area contributed by atoms with Gasteiger partial charge in [0.05, 0.1) is 6.26 Å². The third kappa shape index (κ3) is 1.06. The fourth-order valence-corrected chi connectivity index (χ4v) is 3.03. The van der Waals surface area contributed by atoms with Crippen molar-refractivity contribution < 1.29 is 4.74 Å². The summed E-state index contributed by atoms with van der Waals surface area (Å²) < 4.78 is 5.53. The fraction of sp³-hybridized carbons (Fsp3) is 0.667. The van der Waals surface area contributed by atoms with E-state index in [1.54, 1.807) is 6.26 Å². The van der Waals surface area contributed by atoms with Gasteiger partial charge in [0, 0.05) is 5.92 Å². The van der Waals surface area contributed by atoms with Crippen molar-refractivity contribution in [3.63, 3.8) is 0 Å². The molecule has 3 rings (SSSR count). The molecule has 0 heterocycles. The fourth-order valence-electron chi connectivity index (χ4n) is 3.03. The Morgan fingerprint density at radius 2 is 2.31 bits per heavy atom. The molecule has 72 valence electrons. The zero-order valence-electron chi connectivity index (χ0n) is 8.71. The molecule has 3 aliphatic carbocycles. The van der Waals surface area contributed by atoms with Crippen LogP contribution >= 0.6 is 0 Å². The SMILES string of the molecule is C=COC1C=C(C)C2CC1C2(C)C. The zero-order valence-corrected chi connectivity index (χ0v) is 8.71. The van der Waals surface area contributed by atoms with Crippen LogP contribution in [0.1, 0.15) is 27.2 Å². The second-order valence-corrected chi connectivity index (χ2v) is 4.89. The first-order valence-corrected chi connectivity index (χ1v) is 5.02. The Labute approximate surface area is 80.5 Å². The Morgan fingerprint density at radius 3 is 2.77 bits per heavy atom. The molecule has 3 aliphatic rings. The van der Waals surface area contributed by atoms with Gasteiger partial charge in [0.25, 0.3) is 0 Å². The molecule has 0 aromatic rings. The maximum Gasteiger partial charge on any atom is 0.119 e. The first-order valence-electron chi connectivity index (χ1n) is 5.02. The Morgan fingerprint density at radius 1 is 1.62 bits per heavy atom. The molecule has 0 amide bonds. The van der Waals surface area contributed by atoms with E-state index in [0.717, 1.165) is 5.92 Å². The number of rotatable bonds is 2.